The van der Waals surface area contributed by atoms with Gasteiger partial charge in [0.05, 0.1) is 12.7 Å². The van der Waals surface area contributed by atoms with Crippen LogP contribution in [0.3, 0.4) is 0 Å². The van der Waals surface area contributed by atoms with E-state index >= 15 is 0 Å². The maximum absolute atomic E-state index is 12.5. The molecular weight excluding hydrogens is 506 g/mol. The van der Waals surface area contributed by atoms with Gasteiger partial charge in [0, 0.05) is 62.4 Å². The molecule has 1 aromatic carbocycles. The second-order valence-electron chi connectivity index (χ2n) is 11.2. The van der Waals surface area contributed by atoms with Gasteiger partial charge in [-0.15, -0.1) is 0 Å². The molecule has 0 aliphatic carbocycles. The van der Waals surface area contributed by atoms with E-state index in [-0.39, 0.29) is 18.2 Å². The van der Waals surface area contributed by atoms with Crippen molar-refractivity contribution in [2.45, 2.75) is 76.6 Å². The topological polar surface area (TPSA) is 108 Å². The number of aromatic nitrogens is 1. The lowest BCUT2D eigenvalue weighted by molar-refractivity contribution is -0.150. The van der Waals surface area contributed by atoms with Crippen LogP contribution in [0.15, 0.2) is 30.3 Å². The highest BCUT2D eigenvalue weighted by Crippen LogP contribution is 2.36. The van der Waals surface area contributed by atoms with Gasteiger partial charge >= 0.3 is 5.97 Å². The molecule has 4 N–H and O–H groups in total. The molecule has 2 aliphatic rings. The quantitative estimate of drug-likeness (QED) is 0.225. The minimum absolute atomic E-state index is 0.0376. The number of methoxy groups -OCH3 is 1. The van der Waals surface area contributed by atoms with E-state index in [0.717, 1.165) is 67.0 Å². The van der Waals surface area contributed by atoms with Crippen LogP contribution in [0.2, 0.25) is 0 Å². The lowest BCUT2D eigenvalue weighted by atomic mass is 9.93. The highest BCUT2D eigenvalue weighted by Gasteiger charge is 2.39. The number of benzene rings is 1. The SMILES string of the molecule is CNC(C)c1cccc(C(C(=O)O)N2CC(OCCCCCc3ccc4c(n3)NCCC4)C2)c1NC(C)COC. The Hall–Kier alpha value is -2.72. The number of pyridine rings is 1. The van der Waals surface area contributed by atoms with Crippen LogP contribution < -0.4 is 16.0 Å². The lowest BCUT2D eigenvalue weighted by Crippen LogP contribution is -2.55. The van der Waals surface area contributed by atoms with Crippen molar-refractivity contribution in [3.63, 3.8) is 0 Å². The molecule has 2 aliphatic heterocycles. The molecular formula is C31H47N5O4. The number of fused-ring (bicyclic) bond motifs is 1. The fourth-order valence-corrected chi connectivity index (χ4v) is 5.65. The Kier molecular flexibility index (Phi) is 11.2. The molecule has 3 unspecified atom stereocenters. The molecule has 220 valence electrons. The second kappa shape index (κ2) is 14.8. The summed E-state index contributed by atoms with van der Waals surface area (Å²) in [6, 6.07) is 9.67. The molecule has 0 radical (unpaired) electrons. The van der Waals surface area contributed by atoms with Crippen LogP contribution in [0, 0.1) is 0 Å². The summed E-state index contributed by atoms with van der Waals surface area (Å²) in [7, 11) is 3.58. The third kappa shape index (κ3) is 7.72. The largest absolute Gasteiger partial charge is 0.480 e. The standard InChI is InChI=1S/C31H47N5O4/c1-21(20-39-4)34-28-26(22(2)32-3)12-8-13-27(28)29(31(37)38)36-18-25(19-36)40-17-7-5-6-11-24-15-14-23-10-9-16-33-30(23)35-24/h8,12-15,21-22,25,29,32,34H,5-7,9-11,16-20H2,1-4H3,(H,33,35)(H,37,38). The number of para-hydroxylation sites is 1. The van der Waals surface area contributed by atoms with Crippen molar-refractivity contribution in [1.29, 1.82) is 0 Å². The first kappa shape index (κ1) is 30.2. The number of carboxylic acid groups (broad SMARTS) is 1. The van der Waals surface area contributed by atoms with E-state index in [0.29, 0.717) is 26.3 Å². The Balaban J connectivity index is 1.26. The summed E-state index contributed by atoms with van der Waals surface area (Å²) < 4.78 is 11.4. The first-order valence-electron chi connectivity index (χ1n) is 14.8. The number of carbonyl (C=O) groups is 1. The number of aliphatic carboxylic acids is 1. The Labute approximate surface area is 239 Å². The first-order valence-corrected chi connectivity index (χ1v) is 14.8. The van der Waals surface area contributed by atoms with E-state index in [1.165, 1.54) is 12.0 Å². The lowest BCUT2D eigenvalue weighted by Gasteiger charge is -2.43. The minimum Gasteiger partial charge on any atom is -0.480 e. The van der Waals surface area contributed by atoms with Crippen molar-refractivity contribution >= 4 is 17.5 Å². The Bertz CT molecular complexity index is 1110. The van der Waals surface area contributed by atoms with Crippen LogP contribution in [0.1, 0.15) is 74.0 Å². The Morgan fingerprint density at radius 3 is 2.73 bits per heavy atom. The number of carboxylic acids is 1. The van der Waals surface area contributed by atoms with Gasteiger partial charge in [-0.1, -0.05) is 30.7 Å². The van der Waals surface area contributed by atoms with Crippen molar-refractivity contribution in [2.75, 3.05) is 57.6 Å². The van der Waals surface area contributed by atoms with E-state index in [1.807, 2.05) is 37.1 Å². The zero-order valence-electron chi connectivity index (χ0n) is 24.5. The monoisotopic (exact) mass is 553 g/mol. The van der Waals surface area contributed by atoms with Gasteiger partial charge in [0.2, 0.25) is 0 Å². The molecule has 0 amide bonds. The van der Waals surface area contributed by atoms with Gasteiger partial charge in [-0.2, -0.15) is 0 Å². The molecule has 1 fully saturated rings. The van der Waals surface area contributed by atoms with Gasteiger partial charge in [-0.25, -0.2) is 4.98 Å². The van der Waals surface area contributed by atoms with E-state index in [1.54, 1.807) is 7.11 Å². The zero-order valence-corrected chi connectivity index (χ0v) is 24.5. The molecule has 3 heterocycles. The number of nitrogens with one attached hydrogen (secondary N) is 3. The van der Waals surface area contributed by atoms with Crippen molar-refractivity contribution in [3.05, 3.63) is 52.7 Å². The van der Waals surface area contributed by atoms with Crippen LogP contribution in [-0.4, -0.2) is 80.1 Å². The van der Waals surface area contributed by atoms with Gasteiger partial charge in [-0.05, 0) is 70.2 Å². The first-order chi connectivity index (χ1) is 19.4. The summed E-state index contributed by atoms with van der Waals surface area (Å²) in [5.41, 5.74) is 5.18. The summed E-state index contributed by atoms with van der Waals surface area (Å²) in [4.78, 5) is 19.3. The third-order valence-corrected chi connectivity index (χ3v) is 7.99. The summed E-state index contributed by atoms with van der Waals surface area (Å²) in [6.07, 6.45) is 6.52. The maximum Gasteiger partial charge on any atom is 0.325 e. The average molecular weight is 554 g/mol. The van der Waals surface area contributed by atoms with Gasteiger partial charge in [-0.3, -0.25) is 9.69 Å². The maximum atomic E-state index is 12.5. The number of hydrogen-bond donors (Lipinski definition) is 4. The van der Waals surface area contributed by atoms with E-state index in [2.05, 4.69) is 35.0 Å². The fourth-order valence-electron chi connectivity index (χ4n) is 5.65. The predicted octanol–water partition coefficient (Wildman–Crippen LogP) is 4.41. The van der Waals surface area contributed by atoms with E-state index < -0.39 is 12.0 Å². The number of likely N-dealkylation sites (tertiary alicyclic amines) is 1. The second-order valence-corrected chi connectivity index (χ2v) is 11.2. The summed E-state index contributed by atoms with van der Waals surface area (Å²) in [5.74, 6) is 0.220. The molecule has 9 nitrogen and oxygen atoms in total. The fraction of sp³-hybridized carbons (Fsp3) is 0.613. The molecule has 1 saturated heterocycles. The Morgan fingerprint density at radius 2 is 1.98 bits per heavy atom. The number of aryl methyl sites for hydroxylation is 2. The molecule has 4 rings (SSSR count). The summed E-state index contributed by atoms with van der Waals surface area (Å²) >= 11 is 0. The molecule has 2 aromatic rings. The normalized spacial score (nSPS) is 17.8. The average Bonchev–Trinajstić information content (AvgIpc) is 2.93. The molecule has 3 atom stereocenters. The van der Waals surface area contributed by atoms with Crippen molar-refractivity contribution in [3.8, 4) is 0 Å². The highest BCUT2D eigenvalue weighted by atomic mass is 16.5. The number of nitrogens with zero attached hydrogens (tertiary/aromatic N) is 2. The van der Waals surface area contributed by atoms with Crippen molar-refractivity contribution in [1.82, 2.24) is 15.2 Å². The van der Waals surface area contributed by atoms with Gasteiger partial charge in [0.25, 0.3) is 0 Å². The van der Waals surface area contributed by atoms with Gasteiger partial charge in [0.1, 0.15) is 11.9 Å². The predicted molar refractivity (Wildman–Crippen MR) is 159 cm³/mol. The zero-order chi connectivity index (χ0) is 28.5. The van der Waals surface area contributed by atoms with Crippen LogP contribution >= 0.6 is 0 Å². The minimum atomic E-state index is -0.846. The number of ether oxygens (including phenoxy) is 2. The molecule has 0 saturated carbocycles. The molecule has 40 heavy (non-hydrogen) atoms. The number of anilines is 2. The molecule has 0 spiro atoms. The molecule has 0 bridgehead atoms. The van der Waals surface area contributed by atoms with Crippen LogP contribution in [0.25, 0.3) is 0 Å². The van der Waals surface area contributed by atoms with Crippen molar-refractivity contribution < 1.29 is 19.4 Å². The third-order valence-electron chi connectivity index (χ3n) is 7.99. The molecule has 9 heteroatoms. The van der Waals surface area contributed by atoms with E-state index in [4.69, 9.17) is 14.5 Å². The summed E-state index contributed by atoms with van der Waals surface area (Å²) in [5, 5.41) is 20.5. The Morgan fingerprint density at radius 1 is 1.18 bits per heavy atom. The van der Waals surface area contributed by atoms with E-state index in [9.17, 15) is 9.90 Å². The molecule has 1 aromatic heterocycles. The highest BCUT2D eigenvalue weighted by molar-refractivity contribution is 5.79. The number of rotatable bonds is 16. The number of hydrogen-bond acceptors (Lipinski definition) is 8. The smallest absolute Gasteiger partial charge is 0.325 e. The van der Waals surface area contributed by atoms with Crippen molar-refractivity contribution in [2.24, 2.45) is 0 Å². The van der Waals surface area contributed by atoms with Gasteiger partial charge in [0.15, 0.2) is 0 Å². The van der Waals surface area contributed by atoms with Gasteiger partial charge < -0.3 is 30.5 Å². The number of unbranched alkanes of at least 4 members (excludes halogenated alkanes) is 2. The van der Waals surface area contributed by atoms with Crippen LogP contribution in [0.4, 0.5) is 11.5 Å². The summed E-state index contributed by atoms with van der Waals surface area (Å²) in [6.45, 7) is 7.59. The van der Waals surface area contributed by atoms with Crippen LogP contribution in [-0.2, 0) is 27.1 Å². The van der Waals surface area contributed by atoms with Crippen LogP contribution in [0.5, 0.6) is 0 Å².